The van der Waals surface area contributed by atoms with Crippen molar-refractivity contribution in [3.05, 3.63) is 0 Å². The van der Waals surface area contributed by atoms with Crippen LogP contribution in [0.25, 0.3) is 0 Å². The normalized spacial score (nSPS) is 28.6. The molecule has 1 fully saturated rings. The first-order valence-electron chi connectivity index (χ1n) is 3.56. The molecule has 0 spiro atoms. The topological polar surface area (TPSA) is 35.8 Å². The van der Waals surface area contributed by atoms with E-state index in [0.29, 0.717) is 0 Å². The molecule has 1 saturated heterocycles. The fourth-order valence-corrected chi connectivity index (χ4v) is 1.14. The van der Waals surface area contributed by atoms with E-state index >= 15 is 0 Å². The number of rotatable bonds is 0. The molecule has 9 heavy (non-hydrogen) atoms. The Morgan fingerprint density at radius 2 is 2.22 bits per heavy atom. The molecule has 0 bridgehead atoms. The zero-order chi connectivity index (χ0) is 6.53. The van der Waals surface area contributed by atoms with Crippen LogP contribution in [0.4, 0.5) is 0 Å². The second-order valence-corrected chi connectivity index (χ2v) is 2.49. The molecule has 0 amide bonds. The second kappa shape index (κ2) is 3.47. The molecule has 2 heteroatoms. The summed E-state index contributed by atoms with van der Waals surface area (Å²) in [7, 11) is 0. The minimum Gasteiger partial charge on any atom is -0.302 e. The number of hydrogen-bond acceptors (Lipinski definition) is 2. The Labute approximate surface area is 55.9 Å². The van der Waals surface area contributed by atoms with E-state index in [9.17, 15) is 0 Å². The highest BCUT2D eigenvalue weighted by Crippen LogP contribution is 2.06. The van der Waals surface area contributed by atoms with E-state index in [1.54, 1.807) is 0 Å². The van der Waals surface area contributed by atoms with Gasteiger partial charge >= 0.3 is 0 Å². The SMILES string of the molecule is N#CC1CCCCCN1. The predicted molar refractivity (Wildman–Crippen MR) is 35.9 cm³/mol. The third-order valence-corrected chi connectivity index (χ3v) is 1.72. The highest BCUT2D eigenvalue weighted by Gasteiger charge is 2.08. The molecule has 0 aliphatic carbocycles. The molecule has 1 unspecified atom stereocenters. The van der Waals surface area contributed by atoms with Gasteiger partial charge in [0.2, 0.25) is 0 Å². The van der Waals surface area contributed by atoms with Crippen LogP contribution in [-0.4, -0.2) is 12.6 Å². The Morgan fingerprint density at radius 1 is 1.33 bits per heavy atom. The summed E-state index contributed by atoms with van der Waals surface area (Å²) in [5.74, 6) is 0. The maximum Gasteiger partial charge on any atom is 0.0952 e. The van der Waals surface area contributed by atoms with Gasteiger partial charge in [0.05, 0.1) is 12.1 Å². The molecule has 1 aliphatic heterocycles. The van der Waals surface area contributed by atoms with Crippen molar-refractivity contribution in [2.24, 2.45) is 0 Å². The van der Waals surface area contributed by atoms with Gasteiger partial charge < -0.3 is 5.32 Å². The van der Waals surface area contributed by atoms with Gasteiger partial charge in [-0.2, -0.15) is 5.26 Å². The average molecular weight is 124 g/mol. The van der Waals surface area contributed by atoms with Crippen LogP contribution >= 0.6 is 0 Å². The second-order valence-electron chi connectivity index (χ2n) is 2.49. The summed E-state index contributed by atoms with van der Waals surface area (Å²) in [6.07, 6.45) is 4.77. The van der Waals surface area contributed by atoms with Crippen molar-refractivity contribution in [3.63, 3.8) is 0 Å². The van der Waals surface area contributed by atoms with Gasteiger partial charge in [-0.3, -0.25) is 0 Å². The molecular weight excluding hydrogens is 112 g/mol. The van der Waals surface area contributed by atoms with Gasteiger partial charge in [-0.15, -0.1) is 0 Å². The van der Waals surface area contributed by atoms with Crippen LogP contribution in [0.5, 0.6) is 0 Å². The van der Waals surface area contributed by atoms with E-state index in [-0.39, 0.29) is 6.04 Å². The van der Waals surface area contributed by atoms with Crippen molar-refractivity contribution in [1.29, 1.82) is 5.26 Å². The van der Waals surface area contributed by atoms with Gasteiger partial charge in [-0.25, -0.2) is 0 Å². The first kappa shape index (κ1) is 6.57. The maximum atomic E-state index is 8.50. The first-order valence-corrected chi connectivity index (χ1v) is 3.56. The van der Waals surface area contributed by atoms with E-state index in [1.807, 2.05) is 0 Å². The average Bonchev–Trinajstić information content (AvgIpc) is 2.13. The first-order chi connectivity index (χ1) is 4.43. The van der Waals surface area contributed by atoms with Gasteiger partial charge in [0.25, 0.3) is 0 Å². The minimum atomic E-state index is 0.132. The lowest BCUT2D eigenvalue weighted by Crippen LogP contribution is -2.25. The standard InChI is InChI=1S/C7H12N2/c8-6-7-4-2-1-3-5-9-7/h7,9H,1-5H2. The van der Waals surface area contributed by atoms with Gasteiger partial charge in [0.1, 0.15) is 0 Å². The smallest absolute Gasteiger partial charge is 0.0952 e. The summed E-state index contributed by atoms with van der Waals surface area (Å²) in [5.41, 5.74) is 0. The van der Waals surface area contributed by atoms with E-state index in [1.165, 1.54) is 19.3 Å². The third-order valence-electron chi connectivity index (χ3n) is 1.72. The molecule has 1 rings (SSSR count). The van der Waals surface area contributed by atoms with E-state index in [2.05, 4.69) is 11.4 Å². The molecule has 1 heterocycles. The van der Waals surface area contributed by atoms with Crippen molar-refractivity contribution in [1.82, 2.24) is 5.32 Å². The fourth-order valence-electron chi connectivity index (χ4n) is 1.14. The summed E-state index contributed by atoms with van der Waals surface area (Å²) in [6, 6.07) is 2.36. The van der Waals surface area contributed by atoms with Crippen molar-refractivity contribution in [2.75, 3.05) is 6.54 Å². The van der Waals surface area contributed by atoms with Crippen molar-refractivity contribution < 1.29 is 0 Å². The minimum absolute atomic E-state index is 0.132. The zero-order valence-corrected chi connectivity index (χ0v) is 5.56. The van der Waals surface area contributed by atoms with E-state index in [0.717, 1.165) is 13.0 Å². The van der Waals surface area contributed by atoms with Gasteiger partial charge in [-0.05, 0) is 19.4 Å². The molecule has 0 aromatic carbocycles. The number of hydrogen-bond donors (Lipinski definition) is 1. The lowest BCUT2D eigenvalue weighted by atomic mass is 10.1. The highest BCUT2D eigenvalue weighted by molar-refractivity contribution is 4.90. The van der Waals surface area contributed by atoms with Crippen molar-refractivity contribution in [2.45, 2.75) is 31.7 Å². The van der Waals surface area contributed by atoms with Crippen LogP contribution in [0.15, 0.2) is 0 Å². The molecule has 0 aromatic heterocycles. The highest BCUT2D eigenvalue weighted by atomic mass is 14.9. The van der Waals surface area contributed by atoms with Crippen molar-refractivity contribution >= 4 is 0 Å². The number of nitrogens with zero attached hydrogens (tertiary/aromatic N) is 1. The molecule has 1 N–H and O–H groups in total. The van der Waals surface area contributed by atoms with Crippen LogP contribution in [0.2, 0.25) is 0 Å². The summed E-state index contributed by atoms with van der Waals surface area (Å²) in [5, 5.41) is 11.7. The van der Waals surface area contributed by atoms with Gasteiger partial charge in [0, 0.05) is 0 Å². The largest absolute Gasteiger partial charge is 0.302 e. The molecule has 2 nitrogen and oxygen atoms in total. The fraction of sp³-hybridized carbons (Fsp3) is 0.857. The molecule has 50 valence electrons. The summed E-state index contributed by atoms with van der Waals surface area (Å²) in [4.78, 5) is 0. The monoisotopic (exact) mass is 124 g/mol. The molecular formula is C7H12N2. The molecule has 0 aromatic rings. The Balaban J connectivity index is 2.29. The lowest BCUT2D eigenvalue weighted by Gasteiger charge is -2.03. The Kier molecular flexibility index (Phi) is 2.53. The maximum absolute atomic E-state index is 8.50. The van der Waals surface area contributed by atoms with Crippen LogP contribution in [0, 0.1) is 11.3 Å². The summed E-state index contributed by atoms with van der Waals surface area (Å²) in [6.45, 7) is 1.03. The Hall–Kier alpha value is -0.550. The van der Waals surface area contributed by atoms with Gasteiger partial charge in [0.15, 0.2) is 0 Å². The molecule has 1 atom stereocenters. The molecule has 0 radical (unpaired) electrons. The number of nitriles is 1. The lowest BCUT2D eigenvalue weighted by molar-refractivity contribution is 0.608. The third kappa shape index (κ3) is 2.03. The summed E-state index contributed by atoms with van der Waals surface area (Å²) >= 11 is 0. The quantitative estimate of drug-likeness (QED) is 0.523. The van der Waals surface area contributed by atoms with Crippen LogP contribution in [-0.2, 0) is 0 Å². The zero-order valence-electron chi connectivity index (χ0n) is 5.56. The van der Waals surface area contributed by atoms with Crippen LogP contribution < -0.4 is 5.32 Å². The van der Waals surface area contributed by atoms with E-state index in [4.69, 9.17) is 5.26 Å². The van der Waals surface area contributed by atoms with Crippen LogP contribution in [0.3, 0.4) is 0 Å². The Morgan fingerprint density at radius 3 is 3.00 bits per heavy atom. The predicted octanol–water partition coefficient (Wildman–Crippen LogP) is 1.04. The van der Waals surface area contributed by atoms with Crippen LogP contribution in [0.1, 0.15) is 25.7 Å². The summed E-state index contributed by atoms with van der Waals surface area (Å²) < 4.78 is 0. The number of nitrogens with one attached hydrogen (secondary N) is 1. The molecule has 0 saturated carbocycles. The van der Waals surface area contributed by atoms with Gasteiger partial charge in [-0.1, -0.05) is 12.8 Å². The van der Waals surface area contributed by atoms with Crippen molar-refractivity contribution in [3.8, 4) is 6.07 Å². The Bertz CT molecular complexity index is 107. The molecule has 1 aliphatic rings. The van der Waals surface area contributed by atoms with E-state index < -0.39 is 0 Å².